The number of rotatable bonds is 0. The van der Waals surface area contributed by atoms with E-state index < -0.39 is 29.3 Å². The van der Waals surface area contributed by atoms with Gasteiger partial charge in [-0.1, -0.05) is 24.6 Å². The fourth-order valence-electron chi connectivity index (χ4n) is 4.50. The fraction of sp³-hybridized carbons (Fsp3) is 0.562. The second-order valence-corrected chi connectivity index (χ2v) is 6.66. The van der Waals surface area contributed by atoms with Crippen LogP contribution in [0.4, 0.5) is 18.9 Å². The molecule has 2 aliphatic heterocycles. The molecule has 0 aromatic heterocycles. The van der Waals surface area contributed by atoms with E-state index in [1.54, 1.807) is 12.1 Å². The number of halogens is 3. The first kappa shape index (κ1) is 14.8. The van der Waals surface area contributed by atoms with Gasteiger partial charge in [0.05, 0.1) is 6.54 Å². The predicted octanol–water partition coefficient (Wildman–Crippen LogP) is 2.63. The Morgan fingerprint density at radius 2 is 2.00 bits per heavy atom. The van der Waals surface area contributed by atoms with Gasteiger partial charge in [0.15, 0.2) is 0 Å². The van der Waals surface area contributed by atoms with E-state index in [0.717, 1.165) is 17.7 Å². The Balaban J connectivity index is 1.88. The van der Waals surface area contributed by atoms with Crippen LogP contribution >= 0.6 is 0 Å². The molecule has 3 aliphatic rings. The van der Waals surface area contributed by atoms with Crippen LogP contribution in [0.3, 0.4) is 0 Å². The van der Waals surface area contributed by atoms with Gasteiger partial charge in [-0.25, -0.2) is 0 Å². The van der Waals surface area contributed by atoms with Crippen molar-refractivity contribution in [1.82, 2.24) is 4.90 Å². The van der Waals surface area contributed by atoms with Crippen molar-refractivity contribution in [2.24, 2.45) is 5.92 Å². The molecule has 1 saturated heterocycles. The first-order chi connectivity index (χ1) is 10.8. The lowest BCUT2D eigenvalue weighted by Gasteiger charge is -2.49. The number of alkyl halides is 3. The topological polar surface area (TPSA) is 52.6 Å². The molecule has 1 amide bonds. The standard InChI is InChI=1S/C16H17F3N2O2/c17-16(18,19)15(23)12-7-3-4-8-14(12)20-11-6-2-1-5-10(11)9-21(14)13(15)22/h1-2,5-6,12,20,23H,3-4,7-9H2. The van der Waals surface area contributed by atoms with Crippen molar-refractivity contribution in [2.75, 3.05) is 5.32 Å². The first-order valence-electron chi connectivity index (χ1n) is 7.78. The number of benzene rings is 1. The van der Waals surface area contributed by atoms with E-state index in [0.29, 0.717) is 12.8 Å². The number of nitrogens with one attached hydrogen (secondary N) is 1. The maximum atomic E-state index is 13.6. The molecular weight excluding hydrogens is 309 g/mol. The summed E-state index contributed by atoms with van der Waals surface area (Å²) in [5.41, 5.74) is -2.94. The Morgan fingerprint density at radius 3 is 2.74 bits per heavy atom. The Kier molecular flexibility index (Phi) is 2.84. The second kappa shape index (κ2) is 4.41. The minimum atomic E-state index is -4.98. The molecule has 4 rings (SSSR count). The van der Waals surface area contributed by atoms with Gasteiger partial charge in [0.25, 0.3) is 5.91 Å². The number of carbonyl (C=O) groups is 1. The summed E-state index contributed by atoms with van der Waals surface area (Å²) < 4.78 is 40.8. The molecule has 2 fully saturated rings. The van der Waals surface area contributed by atoms with Gasteiger partial charge in [0.1, 0.15) is 5.66 Å². The number of fused-ring (bicyclic) bond motifs is 1. The van der Waals surface area contributed by atoms with E-state index in [1.165, 1.54) is 4.90 Å². The lowest BCUT2D eigenvalue weighted by Crippen LogP contribution is -2.60. The van der Waals surface area contributed by atoms with Gasteiger partial charge < -0.3 is 15.3 Å². The monoisotopic (exact) mass is 326 g/mol. The molecule has 2 N–H and O–H groups in total. The largest absolute Gasteiger partial charge is 0.426 e. The third-order valence-electron chi connectivity index (χ3n) is 5.56. The van der Waals surface area contributed by atoms with Gasteiger partial charge in [0.2, 0.25) is 5.60 Å². The Bertz CT molecular complexity index is 678. The van der Waals surface area contributed by atoms with Gasteiger partial charge in [-0.2, -0.15) is 13.2 Å². The van der Waals surface area contributed by atoms with Gasteiger partial charge >= 0.3 is 6.18 Å². The summed E-state index contributed by atoms with van der Waals surface area (Å²) in [5, 5.41) is 13.6. The molecule has 0 radical (unpaired) electrons. The van der Waals surface area contributed by atoms with E-state index in [1.807, 2.05) is 12.1 Å². The second-order valence-electron chi connectivity index (χ2n) is 6.66. The van der Waals surface area contributed by atoms with Gasteiger partial charge in [-0.05, 0) is 30.9 Å². The van der Waals surface area contributed by atoms with Gasteiger partial charge in [-0.3, -0.25) is 4.79 Å². The van der Waals surface area contributed by atoms with Crippen LogP contribution in [0.1, 0.15) is 31.2 Å². The highest BCUT2D eigenvalue weighted by Crippen LogP contribution is 2.57. The molecule has 2 heterocycles. The first-order valence-corrected chi connectivity index (χ1v) is 7.78. The molecule has 0 bridgehead atoms. The zero-order chi connectivity index (χ0) is 16.5. The number of carbonyl (C=O) groups excluding carboxylic acids is 1. The van der Waals surface area contributed by atoms with E-state index >= 15 is 0 Å². The van der Waals surface area contributed by atoms with Crippen molar-refractivity contribution >= 4 is 11.6 Å². The van der Waals surface area contributed by atoms with Crippen LogP contribution in [-0.4, -0.2) is 33.4 Å². The van der Waals surface area contributed by atoms with Crippen LogP contribution in [0.25, 0.3) is 0 Å². The molecular formula is C16H17F3N2O2. The zero-order valence-electron chi connectivity index (χ0n) is 12.4. The summed E-state index contributed by atoms with van der Waals surface area (Å²) in [6, 6.07) is 7.18. The van der Waals surface area contributed by atoms with Gasteiger partial charge in [0, 0.05) is 11.6 Å². The fourth-order valence-corrected chi connectivity index (χ4v) is 4.50. The number of aliphatic hydroxyl groups is 1. The summed E-state index contributed by atoms with van der Waals surface area (Å²) in [4.78, 5) is 13.8. The quantitative estimate of drug-likeness (QED) is 0.771. The summed E-state index contributed by atoms with van der Waals surface area (Å²) in [5.74, 6) is -2.41. The molecule has 3 unspecified atom stereocenters. The molecule has 3 atom stereocenters. The molecule has 1 aromatic rings. The number of anilines is 1. The summed E-state index contributed by atoms with van der Waals surface area (Å²) in [6.07, 6.45) is -3.09. The summed E-state index contributed by atoms with van der Waals surface area (Å²) in [7, 11) is 0. The minimum Gasteiger partial charge on any atom is -0.372 e. The van der Waals surface area contributed by atoms with E-state index in [4.69, 9.17) is 0 Å². The molecule has 4 nitrogen and oxygen atoms in total. The molecule has 124 valence electrons. The third kappa shape index (κ3) is 1.68. The maximum absolute atomic E-state index is 13.6. The number of para-hydroxylation sites is 1. The Hall–Kier alpha value is -1.76. The van der Waals surface area contributed by atoms with E-state index in [9.17, 15) is 23.1 Å². The highest BCUT2D eigenvalue weighted by molar-refractivity contribution is 5.91. The minimum absolute atomic E-state index is 0.0941. The molecule has 1 aromatic carbocycles. The molecule has 1 aliphatic carbocycles. The lowest BCUT2D eigenvalue weighted by atomic mass is 9.72. The smallest absolute Gasteiger partial charge is 0.372 e. The number of amides is 1. The van der Waals surface area contributed by atoms with Crippen molar-refractivity contribution in [2.45, 2.75) is 49.7 Å². The number of hydrogen-bond donors (Lipinski definition) is 2. The third-order valence-corrected chi connectivity index (χ3v) is 5.56. The predicted molar refractivity (Wildman–Crippen MR) is 76.3 cm³/mol. The SMILES string of the molecule is O=C1N2Cc3ccccc3NC23CCCCC3C1(O)C(F)(F)F. The Labute approximate surface area is 131 Å². The normalized spacial score (nSPS) is 36.1. The lowest BCUT2D eigenvalue weighted by molar-refractivity contribution is -0.265. The average Bonchev–Trinajstić information content (AvgIpc) is 2.71. The summed E-state index contributed by atoms with van der Waals surface area (Å²) in [6.45, 7) is 0.0941. The highest BCUT2D eigenvalue weighted by Gasteiger charge is 2.77. The van der Waals surface area contributed by atoms with Crippen LogP contribution in [0.15, 0.2) is 24.3 Å². The maximum Gasteiger partial charge on any atom is 0.426 e. The van der Waals surface area contributed by atoms with Crippen molar-refractivity contribution in [3.63, 3.8) is 0 Å². The average molecular weight is 326 g/mol. The number of hydrogen-bond acceptors (Lipinski definition) is 3. The molecule has 1 saturated carbocycles. The Morgan fingerprint density at radius 1 is 1.26 bits per heavy atom. The van der Waals surface area contributed by atoms with Crippen LogP contribution in [0, 0.1) is 5.92 Å². The van der Waals surface area contributed by atoms with E-state index in [2.05, 4.69) is 5.32 Å². The van der Waals surface area contributed by atoms with E-state index in [-0.39, 0.29) is 13.0 Å². The van der Waals surface area contributed by atoms with Crippen LogP contribution in [-0.2, 0) is 11.3 Å². The van der Waals surface area contributed by atoms with Crippen molar-refractivity contribution in [3.05, 3.63) is 29.8 Å². The van der Waals surface area contributed by atoms with Crippen molar-refractivity contribution in [3.8, 4) is 0 Å². The zero-order valence-corrected chi connectivity index (χ0v) is 12.4. The van der Waals surface area contributed by atoms with Crippen LogP contribution in [0.2, 0.25) is 0 Å². The molecule has 23 heavy (non-hydrogen) atoms. The van der Waals surface area contributed by atoms with Crippen molar-refractivity contribution < 1.29 is 23.1 Å². The highest BCUT2D eigenvalue weighted by atomic mass is 19.4. The van der Waals surface area contributed by atoms with Crippen LogP contribution < -0.4 is 5.32 Å². The molecule has 1 spiro atoms. The number of nitrogens with zero attached hydrogens (tertiary/aromatic N) is 1. The summed E-state index contributed by atoms with van der Waals surface area (Å²) >= 11 is 0. The molecule has 7 heteroatoms. The van der Waals surface area contributed by atoms with Gasteiger partial charge in [-0.15, -0.1) is 0 Å². The van der Waals surface area contributed by atoms with Crippen LogP contribution in [0.5, 0.6) is 0 Å². The van der Waals surface area contributed by atoms with Crippen molar-refractivity contribution in [1.29, 1.82) is 0 Å².